The Morgan fingerprint density at radius 2 is 1.42 bits per heavy atom. The zero-order chi connectivity index (χ0) is 22.2. The standard InChI is InChI=1S/C18H12Cl2N4O4S3/c19-14-9-6-12(10-15(14)20)24-30(25,26)13-7-4-11(5-8-13)23-31(27,28)17-3-1-2-16-18(17)22-29-21-16/h1-10,23-24H. The minimum atomic E-state index is -3.95. The lowest BCUT2D eigenvalue weighted by molar-refractivity contribution is 0.600. The Morgan fingerprint density at radius 1 is 0.742 bits per heavy atom. The van der Waals surface area contributed by atoms with Crippen LogP contribution in [0.3, 0.4) is 0 Å². The molecule has 0 aliphatic rings. The number of anilines is 2. The zero-order valence-electron chi connectivity index (χ0n) is 15.3. The van der Waals surface area contributed by atoms with Crippen molar-refractivity contribution in [2.45, 2.75) is 9.79 Å². The Morgan fingerprint density at radius 3 is 2.13 bits per heavy atom. The molecular formula is C18H12Cl2N4O4S3. The van der Waals surface area contributed by atoms with Crippen molar-refractivity contribution >= 4 is 77.4 Å². The van der Waals surface area contributed by atoms with Crippen molar-refractivity contribution in [3.05, 3.63) is 70.7 Å². The first-order valence-electron chi connectivity index (χ1n) is 8.48. The molecule has 0 fully saturated rings. The number of aromatic nitrogens is 2. The van der Waals surface area contributed by atoms with Gasteiger partial charge in [0, 0.05) is 5.69 Å². The van der Waals surface area contributed by atoms with Gasteiger partial charge in [-0.25, -0.2) is 16.8 Å². The molecule has 0 radical (unpaired) electrons. The van der Waals surface area contributed by atoms with E-state index < -0.39 is 20.0 Å². The molecule has 1 aromatic heterocycles. The first-order valence-corrected chi connectivity index (χ1v) is 12.9. The second-order valence-electron chi connectivity index (χ2n) is 6.25. The highest BCUT2D eigenvalue weighted by atomic mass is 35.5. The minimum absolute atomic E-state index is 0.0169. The first kappa shape index (κ1) is 21.8. The van der Waals surface area contributed by atoms with Crippen LogP contribution in [0.1, 0.15) is 0 Å². The van der Waals surface area contributed by atoms with Crippen LogP contribution in [0.5, 0.6) is 0 Å². The van der Waals surface area contributed by atoms with Gasteiger partial charge in [-0.05, 0) is 54.6 Å². The molecule has 3 aromatic carbocycles. The van der Waals surface area contributed by atoms with Gasteiger partial charge in [0.15, 0.2) is 0 Å². The summed E-state index contributed by atoms with van der Waals surface area (Å²) in [5.41, 5.74) is 1.17. The number of hydrogen-bond donors (Lipinski definition) is 2. The van der Waals surface area contributed by atoms with E-state index in [9.17, 15) is 16.8 Å². The van der Waals surface area contributed by atoms with Gasteiger partial charge in [-0.3, -0.25) is 9.44 Å². The maximum absolute atomic E-state index is 12.8. The molecule has 2 N–H and O–H groups in total. The second-order valence-corrected chi connectivity index (χ2v) is 10.9. The normalized spacial score (nSPS) is 12.1. The summed E-state index contributed by atoms with van der Waals surface area (Å²) in [4.78, 5) is -0.0796. The molecule has 13 heteroatoms. The third-order valence-electron chi connectivity index (χ3n) is 4.13. The molecule has 0 aliphatic heterocycles. The van der Waals surface area contributed by atoms with Gasteiger partial charge in [0.1, 0.15) is 15.9 Å². The molecule has 8 nitrogen and oxygen atoms in total. The number of nitrogens with zero attached hydrogens (tertiary/aromatic N) is 2. The fourth-order valence-electron chi connectivity index (χ4n) is 2.68. The molecule has 0 saturated carbocycles. The van der Waals surface area contributed by atoms with Gasteiger partial charge in [0.05, 0.1) is 32.4 Å². The summed E-state index contributed by atoms with van der Waals surface area (Å²) < 4.78 is 63.6. The van der Waals surface area contributed by atoms with Crippen LogP contribution in [-0.2, 0) is 20.0 Å². The van der Waals surface area contributed by atoms with Crippen LogP contribution in [-0.4, -0.2) is 25.6 Å². The second kappa shape index (κ2) is 8.24. The Kier molecular flexibility index (Phi) is 5.79. The van der Waals surface area contributed by atoms with Crippen LogP contribution < -0.4 is 9.44 Å². The largest absolute Gasteiger partial charge is 0.280 e. The molecule has 0 amide bonds. The fraction of sp³-hybridized carbons (Fsp3) is 0. The molecule has 4 aromatic rings. The van der Waals surface area contributed by atoms with Crippen molar-refractivity contribution in [2.24, 2.45) is 0 Å². The monoisotopic (exact) mass is 514 g/mol. The number of benzene rings is 3. The van der Waals surface area contributed by atoms with E-state index in [2.05, 4.69) is 18.2 Å². The summed E-state index contributed by atoms with van der Waals surface area (Å²) in [6.45, 7) is 0. The summed E-state index contributed by atoms with van der Waals surface area (Å²) >= 11 is 12.7. The molecule has 160 valence electrons. The summed E-state index contributed by atoms with van der Waals surface area (Å²) in [5, 5.41) is 0.502. The smallest absolute Gasteiger partial charge is 0.264 e. The van der Waals surface area contributed by atoms with E-state index in [0.29, 0.717) is 10.5 Å². The molecule has 0 aliphatic carbocycles. The lowest BCUT2D eigenvalue weighted by Gasteiger charge is -2.11. The van der Waals surface area contributed by atoms with Gasteiger partial charge in [0.25, 0.3) is 20.0 Å². The lowest BCUT2D eigenvalue weighted by atomic mass is 10.3. The fourth-order valence-corrected chi connectivity index (χ4v) is 5.86. The molecule has 4 rings (SSSR count). The predicted octanol–water partition coefficient (Wildman–Crippen LogP) is 4.60. The number of fused-ring (bicyclic) bond motifs is 1. The van der Waals surface area contributed by atoms with Crippen molar-refractivity contribution in [1.29, 1.82) is 0 Å². The predicted molar refractivity (Wildman–Crippen MR) is 122 cm³/mol. The Bertz CT molecular complexity index is 1490. The third kappa shape index (κ3) is 4.60. The third-order valence-corrected chi connectivity index (χ3v) is 8.22. The number of hydrogen-bond acceptors (Lipinski definition) is 7. The van der Waals surface area contributed by atoms with E-state index in [0.717, 1.165) is 11.7 Å². The highest BCUT2D eigenvalue weighted by molar-refractivity contribution is 7.93. The number of halogens is 2. The van der Waals surface area contributed by atoms with Gasteiger partial charge >= 0.3 is 0 Å². The van der Waals surface area contributed by atoms with Crippen LogP contribution in [0.2, 0.25) is 10.0 Å². The van der Waals surface area contributed by atoms with E-state index in [-0.39, 0.29) is 31.7 Å². The van der Waals surface area contributed by atoms with Crippen LogP contribution in [0.25, 0.3) is 11.0 Å². The van der Waals surface area contributed by atoms with Crippen LogP contribution in [0.15, 0.2) is 70.5 Å². The van der Waals surface area contributed by atoms with Gasteiger partial charge < -0.3 is 0 Å². The topological polar surface area (TPSA) is 118 Å². The van der Waals surface area contributed by atoms with Crippen LogP contribution in [0.4, 0.5) is 11.4 Å². The molecule has 0 unspecified atom stereocenters. The van der Waals surface area contributed by atoms with Crippen molar-refractivity contribution < 1.29 is 16.8 Å². The van der Waals surface area contributed by atoms with Crippen molar-refractivity contribution in [1.82, 2.24) is 8.75 Å². The molecular weight excluding hydrogens is 503 g/mol. The summed E-state index contributed by atoms with van der Waals surface area (Å²) in [5.74, 6) is 0. The van der Waals surface area contributed by atoms with Crippen molar-refractivity contribution in [3.63, 3.8) is 0 Å². The van der Waals surface area contributed by atoms with Gasteiger partial charge in [-0.1, -0.05) is 29.3 Å². The quantitative estimate of drug-likeness (QED) is 0.388. The maximum Gasteiger partial charge on any atom is 0.264 e. The van der Waals surface area contributed by atoms with Crippen molar-refractivity contribution in [3.8, 4) is 0 Å². The van der Waals surface area contributed by atoms with E-state index >= 15 is 0 Å². The van der Waals surface area contributed by atoms with E-state index in [4.69, 9.17) is 23.2 Å². The molecule has 1 heterocycles. The minimum Gasteiger partial charge on any atom is -0.280 e. The van der Waals surface area contributed by atoms with Gasteiger partial charge in [-0.2, -0.15) is 8.75 Å². The number of nitrogens with one attached hydrogen (secondary N) is 2. The highest BCUT2D eigenvalue weighted by Crippen LogP contribution is 2.27. The molecule has 31 heavy (non-hydrogen) atoms. The van der Waals surface area contributed by atoms with Crippen LogP contribution >= 0.6 is 34.9 Å². The molecule has 0 atom stereocenters. The summed E-state index contributed by atoms with van der Waals surface area (Å²) in [7, 11) is -7.88. The summed E-state index contributed by atoms with van der Waals surface area (Å²) in [6, 6.07) is 14.2. The number of sulfonamides is 2. The van der Waals surface area contributed by atoms with Crippen LogP contribution in [0, 0.1) is 0 Å². The van der Waals surface area contributed by atoms with E-state index in [1.807, 2.05) is 0 Å². The van der Waals surface area contributed by atoms with Gasteiger partial charge in [-0.15, -0.1) is 0 Å². The molecule has 0 saturated heterocycles. The molecule has 0 spiro atoms. The zero-order valence-corrected chi connectivity index (χ0v) is 19.2. The summed E-state index contributed by atoms with van der Waals surface area (Å²) in [6.07, 6.45) is 0. The lowest BCUT2D eigenvalue weighted by Crippen LogP contribution is -2.15. The average molecular weight is 515 g/mol. The van der Waals surface area contributed by atoms with E-state index in [1.165, 1.54) is 48.5 Å². The van der Waals surface area contributed by atoms with Crippen molar-refractivity contribution in [2.75, 3.05) is 9.44 Å². The number of rotatable bonds is 6. The Hall–Kier alpha value is -2.44. The first-order chi connectivity index (χ1) is 14.7. The van der Waals surface area contributed by atoms with E-state index in [1.54, 1.807) is 12.1 Å². The maximum atomic E-state index is 12.8. The average Bonchev–Trinajstić information content (AvgIpc) is 3.19. The molecule has 0 bridgehead atoms. The highest BCUT2D eigenvalue weighted by Gasteiger charge is 2.20. The SMILES string of the molecule is O=S(=O)(Nc1ccc(Cl)c(Cl)c1)c1ccc(NS(=O)(=O)c2cccc3nsnc23)cc1. The van der Waals surface area contributed by atoms with Gasteiger partial charge in [0.2, 0.25) is 0 Å². The Labute approximate surface area is 192 Å². The Balaban J connectivity index is 1.56.